The van der Waals surface area contributed by atoms with Crippen molar-refractivity contribution in [2.45, 2.75) is 38.8 Å². The molecule has 1 atom stereocenters. The lowest BCUT2D eigenvalue weighted by Crippen LogP contribution is -2.42. The van der Waals surface area contributed by atoms with Gasteiger partial charge in [-0.05, 0) is 33.7 Å². The number of guanidine groups is 1. The van der Waals surface area contributed by atoms with E-state index in [-0.39, 0.29) is 0 Å². The molecule has 0 saturated carbocycles. The fourth-order valence-electron chi connectivity index (χ4n) is 2.00. The molecule has 0 aliphatic carbocycles. The van der Waals surface area contributed by atoms with E-state index in [4.69, 9.17) is 9.47 Å². The zero-order chi connectivity index (χ0) is 15.5. The summed E-state index contributed by atoms with van der Waals surface area (Å²) in [5, 5.41) is 6.63. The first kappa shape index (κ1) is 18.2. The number of aliphatic imine (C=N–C) groups is 1. The van der Waals surface area contributed by atoms with E-state index in [1.54, 1.807) is 7.05 Å². The van der Waals surface area contributed by atoms with Crippen LogP contribution in [-0.2, 0) is 9.47 Å². The summed E-state index contributed by atoms with van der Waals surface area (Å²) >= 11 is 0. The van der Waals surface area contributed by atoms with Crippen molar-refractivity contribution in [2.24, 2.45) is 4.99 Å². The number of hydrogen-bond donors (Lipinski definition) is 2. The van der Waals surface area contributed by atoms with Crippen molar-refractivity contribution >= 4 is 5.96 Å². The van der Waals surface area contributed by atoms with E-state index in [0.717, 1.165) is 58.3 Å². The Kier molecular flexibility index (Phi) is 9.37. The highest BCUT2D eigenvalue weighted by molar-refractivity contribution is 5.79. The van der Waals surface area contributed by atoms with Gasteiger partial charge < -0.3 is 25.0 Å². The number of likely N-dealkylation sites (N-methyl/N-ethyl adjacent to an activating group) is 1. The first-order valence-corrected chi connectivity index (χ1v) is 7.97. The highest BCUT2D eigenvalue weighted by Crippen LogP contribution is 2.07. The Balaban J connectivity index is 2.00. The Bertz CT molecular complexity index is 291. The number of nitrogens with zero attached hydrogens (tertiary/aromatic N) is 2. The standard InChI is InChI=1S/C15H32N4O2/c1-13(2)19(4)9-8-18-15(16-3)17-7-5-10-21-14-6-11-20-12-14/h13-14H,5-12H2,1-4H3,(H2,16,17,18). The quantitative estimate of drug-likeness (QED) is 0.373. The smallest absolute Gasteiger partial charge is 0.191 e. The Labute approximate surface area is 129 Å². The minimum atomic E-state index is 0.300. The van der Waals surface area contributed by atoms with Gasteiger partial charge in [0.1, 0.15) is 0 Å². The zero-order valence-electron chi connectivity index (χ0n) is 14.0. The molecule has 0 spiro atoms. The molecule has 1 aliphatic rings. The first-order chi connectivity index (χ1) is 10.1. The predicted octanol–water partition coefficient (Wildman–Crippen LogP) is 0.687. The average Bonchev–Trinajstić information content (AvgIpc) is 2.97. The summed E-state index contributed by atoms with van der Waals surface area (Å²) in [7, 11) is 3.93. The van der Waals surface area contributed by atoms with Crippen molar-refractivity contribution in [1.82, 2.24) is 15.5 Å². The van der Waals surface area contributed by atoms with Crippen LogP contribution in [0.1, 0.15) is 26.7 Å². The zero-order valence-corrected chi connectivity index (χ0v) is 14.0. The Morgan fingerprint density at radius 2 is 2.14 bits per heavy atom. The minimum Gasteiger partial charge on any atom is -0.379 e. The average molecular weight is 300 g/mol. The fraction of sp³-hybridized carbons (Fsp3) is 0.933. The molecule has 1 saturated heterocycles. The number of ether oxygens (including phenoxy) is 2. The number of hydrogen-bond acceptors (Lipinski definition) is 4. The lowest BCUT2D eigenvalue weighted by Gasteiger charge is -2.21. The molecule has 0 aromatic heterocycles. The third-order valence-corrected chi connectivity index (χ3v) is 3.72. The lowest BCUT2D eigenvalue weighted by atomic mass is 10.3. The third kappa shape index (κ3) is 8.24. The van der Waals surface area contributed by atoms with Gasteiger partial charge >= 0.3 is 0 Å². The Morgan fingerprint density at radius 3 is 2.76 bits per heavy atom. The molecule has 6 nitrogen and oxygen atoms in total. The van der Waals surface area contributed by atoms with E-state index in [0.29, 0.717) is 12.1 Å². The molecule has 1 rings (SSSR count). The van der Waals surface area contributed by atoms with E-state index in [1.165, 1.54) is 0 Å². The van der Waals surface area contributed by atoms with E-state index >= 15 is 0 Å². The molecule has 2 N–H and O–H groups in total. The van der Waals surface area contributed by atoms with Crippen molar-refractivity contribution in [3.8, 4) is 0 Å². The van der Waals surface area contributed by atoms with Gasteiger partial charge in [-0.15, -0.1) is 0 Å². The molecule has 0 bridgehead atoms. The SMILES string of the molecule is CN=C(NCCCOC1CCOC1)NCCN(C)C(C)C. The maximum Gasteiger partial charge on any atom is 0.191 e. The summed E-state index contributed by atoms with van der Waals surface area (Å²) in [5.74, 6) is 0.858. The van der Waals surface area contributed by atoms with Gasteiger partial charge in [-0.25, -0.2) is 0 Å². The minimum absolute atomic E-state index is 0.300. The summed E-state index contributed by atoms with van der Waals surface area (Å²) in [6.07, 6.45) is 2.30. The summed E-state index contributed by atoms with van der Waals surface area (Å²) in [4.78, 5) is 6.52. The highest BCUT2D eigenvalue weighted by Gasteiger charge is 2.15. The van der Waals surface area contributed by atoms with Crippen LogP contribution in [0.2, 0.25) is 0 Å². The second-order valence-electron chi connectivity index (χ2n) is 5.71. The molecule has 124 valence electrons. The molecule has 0 radical (unpaired) electrons. The molecule has 1 aliphatic heterocycles. The second-order valence-corrected chi connectivity index (χ2v) is 5.71. The molecular weight excluding hydrogens is 268 g/mol. The molecule has 6 heteroatoms. The van der Waals surface area contributed by atoms with Gasteiger partial charge in [-0.1, -0.05) is 0 Å². The van der Waals surface area contributed by atoms with Gasteiger partial charge in [-0.3, -0.25) is 4.99 Å². The highest BCUT2D eigenvalue weighted by atomic mass is 16.5. The van der Waals surface area contributed by atoms with Crippen LogP contribution in [0.25, 0.3) is 0 Å². The number of nitrogens with one attached hydrogen (secondary N) is 2. The van der Waals surface area contributed by atoms with E-state index in [1.807, 2.05) is 0 Å². The van der Waals surface area contributed by atoms with Crippen LogP contribution >= 0.6 is 0 Å². The molecule has 1 fully saturated rings. The maximum absolute atomic E-state index is 5.73. The van der Waals surface area contributed by atoms with Gasteiger partial charge in [0.2, 0.25) is 0 Å². The van der Waals surface area contributed by atoms with Crippen LogP contribution in [0.15, 0.2) is 4.99 Å². The van der Waals surface area contributed by atoms with Gasteiger partial charge in [0.25, 0.3) is 0 Å². The first-order valence-electron chi connectivity index (χ1n) is 7.97. The van der Waals surface area contributed by atoms with Crippen LogP contribution in [0.5, 0.6) is 0 Å². The molecular formula is C15H32N4O2. The van der Waals surface area contributed by atoms with E-state index < -0.39 is 0 Å². The van der Waals surface area contributed by atoms with Crippen molar-refractivity contribution in [3.63, 3.8) is 0 Å². The van der Waals surface area contributed by atoms with Crippen LogP contribution in [0, 0.1) is 0 Å². The Hall–Kier alpha value is -0.850. The fourth-order valence-corrected chi connectivity index (χ4v) is 2.00. The van der Waals surface area contributed by atoms with Gasteiger partial charge in [0, 0.05) is 45.9 Å². The van der Waals surface area contributed by atoms with Gasteiger partial charge in [-0.2, -0.15) is 0 Å². The molecule has 1 unspecified atom stereocenters. The maximum atomic E-state index is 5.73. The normalized spacial score (nSPS) is 19.5. The topological polar surface area (TPSA) is 58.1 Å². The van der Waals surface area contributed by atoms with E-state index in [9.17, 15) is 0 Å². The second kappa shape index (κ2) is 10.8. The predicted molar refractivity (Wildman–Crippen MR) is 86.9 cm³/mol. The lowest BCUT2D eigenvalue weighted by molar-refractivity contribution is 0.0420. The molecule has 0 aromatic rings. The summed E-state index contributed by atoms with van der Waals surface area (Å²) < 4.78 is 11.0. The van der Waals surface area contributed by atoms with Crippen LogP contribution < -0.4 is 10.6 Å². The molecule has 0 aromatic carbocycles. The van der Waals surface area contributed by atoms with Crippen LogP contribution in [0.4, 0.5) is 0 Å². The van der Waals surface area contributed by atoms with Crippen molar-refractivity contribution in [3.05, 3.63) is 0 Å². The van der Waals surface area contributed by atoms with Gasteiger partial charge in [0.15, 0.2) is 5.96 Å². The van der Waals surface area contributed by atoms with Crippen molar-refractivity contribution in [2.75, 3.05) is 53.6 Å². The van der Waals surface area contributed by atoms with Crippen LogP contribution in [0.3, 0.4) is 0 Å². The molecule has 21 heavy (non-hydrogen) atoms. The Morgan fingerprint density at radius 1 is 1.38 bits per heavy atom. The number of rotatable bonds is 9. The summed E-state index contributed by atoms with van der Waals surface area (Å²) in [5.41, 5.74) is 0. The third-order valence-electron chi connectivity index (χ3n) is 3.72. The largest absolute Gasteiger partial charge is 0.379 e. The molecule has 0 amide bonds. The van der Waals surface area contributed by atoms with Crippen molar-refractivity contribution in [1.29, 1.82) is 0 Å². The van der Waals surface area contributed by atoms with E-state index in [2.05, 4.69) is 41.4 Å². The van der Waals surface area contributed by atoms with Crippen LogP contribution in [-0.4, -0.2) is 76.6 Å². The summed E-state index contributed by atoms with van der Waals surface area (Å²) in [6, 6.07) is 0.568. The van der Waals surface area contributed by atoms with Gasteiger partial charge in [0.05, 0.1) is 12.7 Å². The monoisotopic (exact) mass is 300 g/mol. The van der Waals surface area contributed by atoms with Crippen molar-refractivity contribution < 1.29 is 9.47 Å². The summed E-state index contributed by atoms with van der Waals surface area (Å²) in [6.45, 7) is 9.52. The molecule has 1 heterocycles.